The number of hydrogen-bond acceptors (Lipinski definition) is 4. The molecule has 1 saturated heterocycles. The van der Waals surface area contributed by atoms with Gasteiger partial charge in [-0.1, -0.05) is 30.3 Å². The minimum Gasteiger partial charge on any atom is -0.422 e. The molecule has 0 aliphatic carbocycles. The molecule has 2 heterocycles. The van der Waals surface area contributed by atoms with Gasteiger partial charge in [0, 0.05) is 37.0 Å². The van der Waals surface area contributed by atoms with E-state index >= 15 is 0 Å². The summed E-state index contributed by atoms with van der Waals surface area (Å²) in [6.07, 6.45) is 2.54. The standard InChI is InChI=1S/C23H22N2O4/c26-21-10-3-4-12-25(21)13-11-24-22(27)18-8-5-7-16(14-18)19-15-17-6-1-2-9-20(17)29-23(19)28/h1-2,5-9,14-15H,3-4,10-13H2,(H,24,27). The average Bonchev–Trinajstić information content (AvgIpc) is 2.74. The molecule has 1 aromatic heterocycles. The van der Waals surface area contributed by atoms with E-state index in [9.17, 15) is 14.4 Å². The number of hydrogen-bond donors (Lipinski definition) is 1. The Kier molecular flexibility index (Phi) is 5.42. The summed E-state index contributed by atoms with van der Waals surface area (Å²) >= 11 is 0. The molecule has 6 heteroatoms. The predicted octanol–water partition coefficient (Wildman–Crippen LogP) is 3.20. The van der Waals surface area contributed by atoms with Crippen LogP contribution in [-0.2, 0) is 4.79 Å². The van der Waals surface area contributed by atoms with Crippen LogP contribution >= 0.6 is 0 Å². The summed E-state index contributed by atoms with van der Waals surface area (Å²) in [7, 11) is 0. The topological polar surface area (TPSA) is 79.6 Å². The highest BCUT2D eigenvalue weighted by Gasteiger charge is 2.17. The largest absolute Gasteiger partial charge is 0.422 e. The van der Waals surface area contributed by atoms with Crippen molar-refractivity contribution in [1.82, 2.24) is 10.2 Å². The van der Waals surface area contributed by atoms with Gasteiger partial charge in [0.25, 0.3) is 5.91 Å². The molecule has 1 aliphatic rings. The highest BCUT2D eigenvalue weighted by atomic mass is 16.4. The summed E-state index contributed by atoms with van der Waals surface area (Å²) in [5.41, 5.74) is 1.59. The van der Waals surface area contributed by atoms with E-state index in [4.69, 9.17) is 4.42 Å². The number of amides is 2. The number of rotatable bonds is 5. The lowest BCUT2D eigenvalue weighted by Gasteiger charge is -2.26. The fourth-order valence-corrected chi connectivity index (χ4v) is 3.60. The van der Waals surface area contributed by atoms with Crippen molar-refractivity contribution >= 4 is 22.8 Å². The van der Waals surface area contributed by atoms with Crippen molar-refractivity contribution in [1.29, 1.82) is 0 Å². The van der Waals surface area contributed by atoms with Crippen LogP contribution in [0.4, 0.5) is 0 Å². The van der Waals surface area contributed by atoms with Crippen LogP contribution in [-0.4, -0.2) is 36.3 Å². The second-order valence-electron chi connectivity index (χ2n) is 7.16. The van der Waals surface area contributed by atoms with Gasteiger partial charge >= 0.3 is 5.63 Å². The fraction of sp³-hybridized carbons (Fsp3) is 0.261. The van der Waals surface area contributed by atoms with Gasteiger partial charge in [0.15, 0.2) is 0 Å². The number of carbonyl (C=O) groups excluding carboxylic acids is 2. The highest BCUT2D eigenvalue weighted by Crippen LogP contribution is 2.22. The van der Waals surface area contributed by atoms with Gasteiger partial charge in [0.1, 0.15) is 5.58 Å². The molecule has 3 aromatic rings. The lowest BCUT2D eigenvalue weighted by atomic mass is 10.0. The summed E-state index contributed by atoms with van der Waals surface area (Å²) in [6.45, 7) is 1.66. The Balaban J connectivity index is 1.48. The number of nitrogens with zero attached hydrogens (tertiary/aromatic N) is 1. The van der Waals surface area contributed by atoms with Crippen LogP contribution in [0.1, 0.15) is 29.6 Å². The zero-order chi connectivity index (χ0) is 20.2. The number of benzene rings is 2. The molecule has 29 heavy (non-hydrogen) atoms. The van der Waals surface area contributed by atoms with Crippen LogP contribution in [0.15, 0.2) is 63.8 Å². The zero-order valence-corrected chi connectivity index (χ0v) is 16.0. The van der Waals surface area contributed by atoms with Crippen molar-refractivity contribution < 1.29 is 14.0 Å². The average molecular weight is 390 g/mol. The first-order valence-corrected chi connectivity index (χ1v) is 9.81. The van der Waals surface area contributed by atoms with Gasteiger partial charge in [-0.3, -0.25) is 9.59 Å². The number of likely N-dealkylation sites (tertiary alicyclic amines) is 1. The molecule has 1 fully saturated rings. The molecule has 0 unspecified atom stereocenters. The van der Waals surface area contributed by atoms with E-state index in [1.54, 1.807) is 41.3 Å². The summed E-state index contributed by atoms with van der Waals surface area (Å²) < 4.78 is 5.40. The molecular formula is C23H22N2O4. The third-order valence-corrected chi connectivity index (χ3v) is 5.17. The van der Waals surface area contributed by atoms with Gasteiger partial charge in [-0.2, -0.15) is 0 Å². The van der Waals surface area contributed by atoms with E-state index in [0.717, 1.165) is 24.8 Å². The quantitative estimate of drug-likeness (QED) is 0.679. The molecular weight excluding hydrogens is 368 g/mol. The number of fused-ring (bicyclic) bond motifs is 1. The minimum absolute atomic E-state index is 0.149. The monoisotopic (exact) mass is 390 g/mol. The summed E-state index contributed by atoms with van der Waals surface area (Å²) in [4.78, 5) is 38.6. The molecule has 2 aromatic carbocycles. The third-order valence-electron chi connectivity index (χ3n) is 5.17. The van der Waals surface area contributed by atoms with Crippen LogP contribution in [0.5, 0.6) is 0 Å². The Morgan fingerprint density at radius 1 is 1.03 bits per heavy atom. The number of carbonyl (C=O) groups is 2. The van der Waals surface area contributed by atoms with E-state index in [1.165, 1.54) is 0 Å². The summed E-state index contributed by atoms with van der Waals surface area (Å²) in [5, 5.41) is 3.68. The predicted molar refractivity (Wildman–Crippen MR) is 111 cm³/mol. The second-order valence-corrected chi connectivity index (χ2v) is 7.16. The normalized spacial score (nSPS) is 14.2. The Hall–Kier alpha value is -3.41. The van der Waals surface area contributed by atoms with Gasteiger partial charge in [-0.05, 0) is 42.7 Å². The fourth-order valence-electron chi connectivity index (χ4n) is 3.60. The maximum atomic E-state index is 12.5. The van der Waals surface area contributed by atoms with Crippen LogP contribution in [0, 0.1) is 0 Å². The maximum Gasteiger partial charge on any atom is 0.344 e. The molecule has 2 amide bonds. The van der Waals surface area contributed by atoms with Gasteiger partial charge in [-0.15, -0.1) is 0 Å². The molecule has 4 rings (SSSR count). The van der Waals surface area contributed by atoms with Crippen molar-refractivity contribution in [3.63, 3.8) is 0 Å². The van der Waals surface area contributed by atoms with Gasteiger partial charge in [0.05, 0.1) is 5.56 Å². The highest BCUT2D eigenvalue weighted by molar-refractivity contribution is 5.95. The zero-order valence-electron chi connectivity index (χ0n) is 16.0. The molecule has 6 nitrogen and oxygen atoms in total. The molecule has 1 N–H and O–H groups in total. The minimum atomic E-state index is -0.440. The van der Waals surface area contributed by atoms with Crippen LogP contribution in [0.25, 0.3) is 22.1 Å². The Labute approximate surface area is 168 Å². The van der Waals surface area contributed by atoms with Crippen molar-refractivity contribution in [2.24, 2.45) is 0 Å². The van der Waals surface area contributed by atoms with E-state index in [2.05, 4.69) is 5.32 Å². The molecule has 0 radical (unpaired) electrons. The van der Waals surface area contributed by atoms with Gasteiger partial charge in [-0.25, -0.2) is 4.79 Å². The molecule has 0 spiro atoms. The summed E-state index contributed by atoms with van der Waals surface area (Å²) in [6, 6.07) is 16.0. The van der Waals surface area contributed by atoms with E-state index < -0.39 is 5.63 Å². The number of piperidine rings is 1. The smallest absolute Gasteiger partial charge is 0.344 e. The summed E-state index contributed by atoms with van der Waals surface area (Å²) in [5.74, 6) is -0.0861. The number of para-hydroxylation sites is 1. The van der Waals surface area contributed by atoms with Crippen LogP contribution in [0.2, 0.25) is 0 Å². The van der Waals surface area contributed by atoms with Crippen molar-refractivity contribution in [2.45, 2.75) is 19.3 Å². The van der Waals surface area contributed by atoms with Gasteiger partial charge in [0.2, 0.25) is 5.91 Å². The molecule has 0 saturated carbocycles. The molecule has 0 atom stereocenters. The Morgan fingerprint density at radius 2 is 1.90 bits per heavy atom. The first-order chi connectivity index (χ1) is 14.1. The first-order valence-electron chi connectivity index (χ1n) is 9.81. The number of nitrogens with one attached hydrogen (secondary N) is 1. The van der Waals surface area contributed by atoms with E-state index in [0.29, 0.717) is 41.8 Å². The van der Waals surface area contributed by atoms with Gasteiger partial charge < -0.3 is 14.6 Å². The Morgan fingerprint density at radius 3 is 2.76 bits per heavy atom. The second kappa shape index (κ2) is 8.31. The lowest BCUT2D eigenvalue weighted by molar-refractivity contribution is -0.133. The lowest BCUT2D eigenvalue weighted by Crippen LogP contribution is -2.41. The SMILES string of the molecule is O=C(NCCN1CCCCC1=O)c1cccc(-c2cc3ccccc3oc2=O)c1. The van der Waals surface area contributed by atoms with Crippen LogP contribution < -0.4 is 10.9 Å². The molecule has 0 bridgehead atoms. The third kappa shape index (κ3) is 4.21. The molecule has 1 aliphatic heterocycles. The van der Waals surface area contributed by atoms with E-state index in [1.807, 2.05) is 18.2 Å². The van der Waals surface area contributed by atoms with Crippen molar-refractivity contribution in [3.8, 4) is 11.1 Å². The maximum absolute atomic E-state index is 12.5. The van der Waals surface area contributed by atoms with Crippen molar-refractivity contribution in [3.05, 3.63) is 70.6 Å². The Bertz CT molecular complexity index is 1120. The van der Waals surface area contributed by atoms with Crippen molar-refractivity contribution in [2.75, 3.05) is 19.6 Å². The molecule has 148 valence electrons. The first kappa shape index (κ1) is 18.9. The van der Waals surface area contributed by atoms with E-state index in [-0.39, 0.29) is 11.8 Å². The van der Waals surface area contributed by atoms with Crippen LogP contribution in [0.3, 0.4) is 0 Å².